The molecule has 282 valence electrons. The molecule has 5 N–H and O–H groups in total. The first-order valence-corrected chi connectivity index (χ1v) is 18.2. The Morgan fingerprint density at radius 1 is 0.741 bits per heavy atom. The fourth-order valence-corrected chi connectivity index (χ4v) is 6.56. The molecule has 0 saturated heterocycles. The molecule has 4 aromatic heterocycles. The van der Waals surface area contributed by atoms with Crippen LogP contribution in [0, 0.1) is 19.8 Å². The van der Waals surface area contributed by atoms with Crippen molar-refractivity contribution in [3.63, 3.8) is 0 Å². The van der Waals surface area contributed by atoms with E-state index in [9.17, 15) is 19.2 Å². The van der Waals surface area contributed by atoms with Gasteiger partial charge in [-0.05, 0) is 88.9 Å². The number of nitrogens with one attached hydrogen (secondary N) is 3. The number of amides is 4. The van der Waals surface area contributed by atoms with Gasteiger partial charge in [0.05, 0.1) is 33.6 Å². The van der Waals surface area contributed by atoms with Gasteiger partial charge in [-0.3, -0.25) is 39.2 Å². The van der Waals surface area contributed by atoms with Gasteiger partial charge in [0.15, 0.2) is 0 Å². The number of fused-ring (bicyclic) bond motifs is 2. The van der Waals surface area contributed by atoms with Crippen molar-refractivity contribution < 1.29 is 19.2 Å². The number of nitrogens with zero attached hydrogens (tertiary/aromatic N) is 8. The van der Waals surface area contributed by atoms with E-state index in [0.29, 0.717) is 91.0 Å². The average molecular weight is 735 g/mol. The highest BCUT2D eigenvalue weighted by molar-refractivity contribution is 6.05. The van der Waals surface area contributed by atoms with Gasteiger partial charge in [0.2, 0.25) is 23.7 Å². The Hall–Kier alpha value is -6.32. The summed E-state index contributed by atoms with van der Waals surface area (Å²) < 4.78 is 7.12. The van der Waals surface area contributed by atoms with Gasteiger partial charge in [-0.25, -0.2) is 9.97 Å². The zero-order valence-electron chi connectivity index (χ0n) is 31.4. The second kappa shape index (κ2) is 15.7. The van der Waals surface area contributed by atoms with Gasteiger partial charge in [-0.1, -0.05) is 19.9 Å². The van der Waals surface area contributed by atoms with E-state index < -0.39 is 5.91 Å². The van der Waals surface area contributed by atoms with Crippen molar-refractivity contribution >= 4 is 63.3 Å². The first kappa shape index (κ1) is 37.4. The number of aromatic nitrogens is 8. The highest BCUT2D eigenvalue weighted by Gasteiger charge is 2.22. The summed E-state index contributed by atoms with van der Waals surface area (Å²) in [5.74, 6) is -0.558. The quantitative estimate of drug-likeness (QED) is 0.0990. The predicted octanol–water partition coefficient (Wildman–Crippen LogP) is 5.50. The minimum Gasteiger partial charge on any atom is -0.366 e. The Morgan fingerprint density at radius 2 is 1.31 bits per heavy atom. The minimum atomic E-state index is -0.577. The first-order valence-electron chi connectivity index (χ1n) is 18.2. The number of aryl methyl sites for hydroxylation is 6. The molecule has 0 aliphatic heterocycles. The van der Waals surface area contributed by atoms with Crippen molar-refractivity contribution in [1.82, 2.24) is 38.7 Å². The van der Waals surface area contributed by atoms with Crippen molar-refractivity contribution in [1.29, 1.82) is 0 Å². The molecule has 0 radical (unpaired) electrons. The highest BCUT2D eigenvalue weighted by Crippen LogP contribution is 2.29. The zero-order chi connectivity index (χ0) is 38.7. The number of hydrogen-bond acceptors (Lipinski definition) is 8. The highest BCUT2D eigenvalue weighted by atomic mass is 16.2. The third-order valence-corrected chi connectivity index (χ3v) is 9.01. The van der Waals surface area contributed by atoms with E-state index in [1.54, 1.807) is 45.8 Å². The molecule has 0 aliphatic rings. The molecule has 2 aromatic carbocycles. The standard InChI is InChI=1S/C38H46N12O4/c1-7-49-30(19-23(5)45-49)35(53)43-37-41-27-21-25(34(39)52)14-15-28(27)47(37)16-9-10-17-48-29-13-11-12-26(40-32(51)18-22(3)4)33(29)42-38(48)44-36(54)31-20-24(6)46-50(31)8-2/h11-15,19-22H,7-10,16-18H2,1-6H3,(H2,39,52)(H,40,51)(H,41,43,53)(H,42,44,54). The van der Waals surface area contributed by atoms with E-state index in [1.165, 1.54) is 0 Å². The second-order valence-corrected chi connectivity index (χ2v) is 13.7. The lowest BCUT2D eigenvalue weighted by Crippen LogP contribution is -2.20. The van der Waals surface area contributed by atoms with Gasteiger partial charge in [0.25, 0.3) is 11.8 Å². The maximum atomic E-state index is 13.6. The molecule has 6 aromatic rings. The normalized spacial score (nSPS) is 11.5. The van der Waals surface area contributed by atoms with Crippen LogP contribution in [0.1, 0.15) is 89.7 Å². The molecule has 0 spiro atoms. The molecule has 16 nitrogen and oxygen atoms in total. The fraction of sp³-hybridized carbons (Fsp3) is 0.368. The molecular weight excluding hydrogens is 688 g/mol. The van der Waals surface area contributed by atoms with Crippen LogP contribution in [-0.2, 0) is 31.0 Å². The van der Waals surface area contributed by atoms with Crippen LogP contribution in [0.25, 0.3) is 22.1 Å². The van der Waals surface area contributed by atoms with E-state index in [-0.39, 0.29) is 23.6 Å². The van der Waals surface area contributed by atoms with Crippen LogP contribution in [0.3, 0.4) is 0 Å². The third-order valence-electron chi connectivity index (χ3n) is 9.01. The van der Waals surface area contributed by atoms with Crippen LogP contribution in [0.5, 0.6) is 0 Å². The lowest BCUT2D eigenvalue weighted by Gasteiger charge is -2.13. The molecule has 0 aliphatic carbocycles. The Kier molecular flexibility index (Phi) is 10.9. The molecule has 0 unspecified atom stereocenters. The van der Waals surface area contributed by atoms with E-state index in [4.69, 9.17) is 10.7 Å². The number of unbranched alkanes of at least 4 members (excludes halogenated alkanes) is 1. The molecular formula is C38H46N12O4. The van der Waals surface area contributed by atoms with Crippen LogP contribution >= 0.6 is 0 Å². The van der Waals surface area contributed by atoms with Gasteiger partial charge >= 0.3 is 0 Å². The van der Waals surface area contributed by atoms with Crippen molar-refractivity contribution in [2.75, 3.05) is 16.0 Å². The van der Waals surface area contributed by atoms with Gasteiger partial charge < -0.3 is 20.2 Å². The maximum Gasteiger partial charge on any atom is 0.276 e. The summed E-state index contributed by atoms with van der Waals surface area (Å²) in [6.07, 6.45) is 1.63. The Balaban J connectivity index is 1.29. The summed E-state index contributed by atoms with van der Waals surface area (Å²) in [4.78, 5) is 61.3. The minimum absolute atomic E-state index is 0.118. The number of imidazole rings is 2. The smallest absolute Gasteiger partial charge is 0.276 e. The molecule has 0 bridgehead atoms. The first-order chi connectivity index (χ1) is 25.9. The fourth-order valence-electron chi connectivity index (χ4n) is 6.56. The molecule has 6 rings (SSSR count). The van der Waals surface area contributed by atoms with E-state index in [2.05, 4.69) is 31.1 Å². The molecule has 4 heterocycles. The van der Waals surface area contributed by atoms with Crippen LogP contribution < -0.4 is 21.7 Å². The Labute approximate surface area is 312 Å². The lowest BCUT2D eigenvalue weighted by molar-refractivity contribution is -0.116. The summed E-state index contributed by atoms with van der Waals surface area (Å²) >= 11 is 0. The topological polar surface area (TPSA) is 202 Å². The number of benzene rings is 2. The average Bonchev–Trinajstić information content (AvgIpc) is 3.88. The number of carbonyl (C=O) groups excluding carboxylic acids is 4. The van der Waals surface area contributed by atoms with Crippen molar-refractivity contribution in [3.8, 4) is 0 Å². The summed E-state index contributed by atoms with van der Waals surface area (Å²) in [7, 11) is 0. The summed E-state index contributed by atoms with van der Waals surface area (Å²) in [6, 6.07) is 14.0. The van der Waals surface area contributed by atoms with E-state index in [1.807, 2.05) is 62.8 Å². The monoisotopic (exact) mass is 734 g/mol. The van der Waals surface area contributed by atoms with Gasteiger partial charge in [-0.15, -0.1) is 0 Å². The van der Waals surface area contributed by atoms with E-state index in [0.717, 1.165) is 22.4 Å². The number of hydrogen-bond donors (Lipinski definition) is 4. The zero-order valence-corrected chi connectivity index (χ0v) is 31.4. The number of nitrogens with two attached hydrogens (primary N) is 1. The summed E-state index contributed by atoms with van der Waals surface area (Å²) in [6.45, 7) is 13.4. The number of anilines is 3. The lowest BCUT2D eigenvalue weighted by atomic mass is 10.1. The molecule has 0 saturated carbocycles. The van der Waals surface area contributed by atoms with Crippen LogP contribution in [0.4, 0.5) is 17.6 Å². The third kappa shape index (κ3) is 7.86. The van der Waals surface area contributed by atoms with Crippen LogP contribution in [0.15, 0.2) is 48.5 Å². The number of para-hydroxylation sites is 1. The van der Waals surface area contributed by atoms with Gasteiger partial charge in [0.1, 0.15) is 16.9 Å². The molecule has 0 atom stereocenters. The number of carbonyl (C=O) groups is 4. The molecule has 0 fully saturated rings. The van der Waals surface area contributed by atoms with Crippen molar-refractivity contribution in [2.24, 2.45) is 11.7 Å². The largest absolute Gasteiger partial charge is 0.366 e. The molecule has 54 heavy (non-hydrogen) atoms. The molecule has 4 amide bonds. The Morgan fingerprint density at radius 3 is 1.87 bits per heavy atom. The van der Waals surface area contributed by atoms with Gasteiger partial charge in [0, 0.05) is 38.2 Å². The summed E-state index contributed by atoms with van der Waals surface area (Å²) in [5, 5.41) is 17.8. The van der Waals surface area contributed by atoms with Gasteiger partial charge in [-0.2, -0.15) is 10.2 Å². The number of rotatable bonds is 15. The van der Waals surface area contributed by atoms with Crippen LogP contribution in [-0.4, -0.2) is 62.3 Å². The Bertz CT molecular complexity index is 2380. The van der Waals surface area contributed by atoms with E-state index >= 15 is 0 Å². The molecule has 16 heteroatoms. The van der Waals surface area contributed by atoms with Crippen LogP contribution in [0.2, 0.25) is 0 Å². The second-order valence-electron chi connectivity index (χ2n) is 13.7. The maximum absolute atomic E-state index is 13.6. The van der Waals surface area contributed by atoms with Crippen molar-refractivity contribution in [3.05, 3.63) is 76.9 Å². The number of primary amides is 1. The summed E-state index contributed by atoms with van der Waals surface area (Å²) in [5.41, 5.74) is 11.2. The SMILES string of the molecule is CCn1nc(C)cc1C(=O)Nc1nc2cc(C(N)=O)ccc2n1CCCCn1c(NC(=O)c2cc(C)nn2CC)nc2c(NC(=O)CC(C)C)cccc21. The van der Waals surface area contributed by atoms with Crippen molar-refractivity contribution in [2.45, 2.75) is 87.0 Å². The predicted molar refractivity (Wildman–Crippen MR) is 206 cm³/mol.